The van der Waals surface area contributed by atoms with Crippen LogP contribution >= 0.6 is 15.8 Å². The Morgan fingerprint density at radius 3 is 1.24 bits per heavy atom. The Bertz CT molecular complexity index is 829. The van der Waals surface area contributed by atoms with E-state index in [0.29, 0.717) is 0 Å². The minimum atomic E-state index is -0.0509. The highest BCUT2D eigenvalue weighted by Gasteiger charge is 2.25. The number of fused-ring (bicyclic) bond motifs is 2. The van der Waals surface area contributed by atoms with Crippen molar-refractivity contribution in [2.24, 2.45) is 0 Å². The van der Waals surface area contributed by atoms with E-state index in [2.05, 4.69) is 102 Å². The first kappa shape index (κ1) is 27.5. The summed E-state index contributed by atoms with van der Waals surface area (Å²) in [5, 5.41) is 10.5. The van der Waals surface area contributed by atoms with Gasteiger partial charge in [0, 0.05) is 24.5 Å². The molecule has 4 rings (SSSR count). The summed E-state index contributed by atoms with van der Waals surface area (Å²) < 4.78 is 0. The third kappa shape index (κ3) is 6.56. The third-order valence-electron chi connectivity index (χ3n) is 6.89. The summed E-state index contributed by atoms with van der Waals surface area (Å²) >= 11 is 0. The zero-order valence-electron chi connectivity index (χ0n) is 22.9. The number of aryl methyl sites for hydroxylation is 2. The van der Waals surface area contributed by atoms with Crippen molar-refractivity contribution in [1.82, 2.24) is 0 Å². The monoisotopic (exact) mass is 498 g/mol. The molecular weight excluding hydrogens is 450 g/mol. The quantitative estimate of drug-likeness (QED) is 0.395. The van der Waals surface area contributed by atoms with Crippen LogP contribution in [0.15, 0.2) is 36.4 Å². The van der Waals surface area contributed by atoms with Gasteiger partial charge in [-0.25, -0.2) is 0 Å². The third-order valence-corrected chi connectivity index (χ3v) is 13.2. The molecule has 0 aliphatic carbocycles. The zero-order chi connectivity index (χ0) is 24.8. The highest BCUT2D eigenvalue weighted by Crippen LogP contribution is 2.48. The Morgan fingerprint density at radius 2 is 0.912 bits per heavy atom. The second-order valence-electron chi connectivity index (χ2n) is 10.9. The van der Waals surface area contributed by atoms with Crippen molar-refractivity contribution in [3.63, 3.8) is 0 Å². The lowest BCUT2D eigenvalue weighted by Gasteiger charge is -2.31. The molecule has 188 valence electrons. The predicted molar refractivity (Wildman–Crippen MR) is 160 cm³/mol. The van der Waals surface area contributed by atoms with E-state index in [4.69, 9.17) is 0 Å². The maximum absolute atomic E-state index is 3.64. The minimum Gasteiger partial charge on any atom is -0.384 e. The normalized spacial score (nSPS) is 15.2. The number of rotatable bonds is 6. The molecule has 0 saturated heterocycles. The van der Waals surface area contributed by atoms with Crippen LogP contribution in [0, 0.1) is 0 Å². The van der Waals surface area contributed by atoms with Crippen molar-refractivity contribution in [3.8, 4) is 0 Å². The van der Waals surface area contributed by atoms with Crippen LogP contribution < -0.4 is 21.2 Å². The molecule has 0 spiro atoms. The Hall–Kier alpha value is -1.10. The summed E-state index contributed by atoms with van der Waals surface area (Å²) in [5.41, 5.74) is 9.05. The molecule has 4 heteroatoms. The fraction of sp³-hybridized carbons (Fsp3) is 0.600. The van der Waals surface area contributed by atoms with Gasteiger partial charge in [-0.2, -0.15) is 0 Å². The SMILES string of the molecule is CC(C)P(c1cccc2c1NCCC2)C(C)C.CC(C)P(c1cccc2c1NCCC2)C(C)C. The van der Waals surface area contributed by atoms with E-state index >= 15 is 0 Å². The summed E-state index contributed by atoms with van der Waals surface area (Å²) in [4.78, 5) is 0. The lowest BCUT2D eigenvalue weighted by Crippen LogP contribution is -2.23. The lowest BCUT2D eigenvalue weighted by atomic mass is 10.0. The van der Waals surface area contributed by atoms with Crippen LogP contribution in [0.25, 0.3) is 0 Å². The fourth-order valence-corrected chi connectivity index (χ4v) is 11.8. The molecule has 0 fully saturated rings. The molecule has 2 aliphatic heterocycles. The molecule has 0 unspecified atom stereocenters. The first-order chi connectivity index (χ1) is 16.2. The van der Waals surface area contributed by atoms with E-state index in [1.54, 1.807) is 10.6 Å². The molecule has 2 nitrogen and oxygen atoms in total. The van der Waals surface area contributed by atoms with Crippen molar-refractivity contribution >= 4 is 37.8 Å². The minimum absolute atomic E-state index is 0.0509. The molecule has 2 aromatic rings. The Balaban J connectivity index is 0.000000191. The van der Waals surface area contributed by atoms with Gasteiger partial charge in [0.25, 0.3) is 0 Å². The van der Waals surface area contributed by atoms with Crippen LogP contribution in [0.1, 0.15) is 79.4 Å². The second kappa shape index (κ2) is 12.7. The molecule has 2 aliphatic rings. The van der Waals surface area contributed by atoms with Crippen LogP contribution in [0.5, 0.6) is 0 Å². The van der Waals surface area contributed by atoms with Crippen LogP contribution in [0.3, 0.4) is 0 Å². The molecule has 0 amide bonds. The number of para-hydroxylation sites is 2. The fourth-order valence-electron chi connectivity index (χ4n) is 5.72. The Morgan fingerprint density at radius 1 is 0.559 bits per heavy atom. The standard InChI is InChI=1S/2C15H24NP/c2*1-11(2)17(12(3)4)14-9-5-7-13-8-6-10-16-15(13)14/h2*5,7,9,11-12,16H,6,8,10H2,1-4H3. The van der Waals surface area contributed by atoms with E-state index in [-0.39, 0.29) is 15.8 Å². The highest BCUT2D eigenvalue weighted by molar-refractivity contribution is 7.67. The molecule has 0 saturated carbocycles. The number of benzene rings is 2. The number of hydrogen-bond acceptors (Lipinski definition) is 2. The molecule has 2 aromatic carbocycles. The van der Waals surface area contributed by atoms with E-state index in [9.17, 15) is 0 Å². The number of anilines is 2. The molecule has 34 heavy (non-hydrogen) atoms. The van der Waals surface area contributed by atoms with Gasteiger partial charge in [-0.3, -0.25) is 0 Å². The predicted octanol–water partition coefficient (Wildman–Crippen LogP) is 7.94. The van der Waals surface area contributed by atoms with Gasteiger partial charge >= 0.3 is 0 Å². The van der Waals surface area contributed by atoms with Crippen LogP contribution in [0.4, 0.5) is 11.4 Å². The van der Waals surface area contributed by atoms with Crippen LogP contribution in [-0.4, -0.2) is 35.7 Å². The van der Waals surface area contributed by atoms with E-state index in [1.807, 2.05) is 0 Å². The molecule has 2 heterocycles. The Labute approximate surface area is 212 Å². The summed E-state index contributed by atoms with van der Waals surface area (Å²) in [6, 6.07) is 13.8. The smallest absolute Gasteiger partial charge is 0.0451 e. The van der Waals surface area contributed by atoms with Crippen molar-refractivity contribution in [3.05, 3.63) is 47.5 Å². The Kier molecular flexibility index (Phi) is 10.3. The van der Waals surface area contributed by atoms with Gasteiger partial charge < -0.3 is 10.6 Å². The summed E-state index contributed by atoms with van der Waals surface area (Å²) in [5.74, 6) is 0. The van der Waals surface area contributed by atoms with Crippen molar-refractivity contribution in [2.75, 3.05) is 23.7 Å². The van der Waals surface area contributed by atoms with Crippen molar-refractivity contribution in [1.29, 1.82) is 0 Å². The molecule has 0 aromatic heterocycles. The lowest BCUT2D eigenvalue weighted by molar-refractivity contribution is 0.832. The van der Waals surface area contributed by atoms with Gasteiger partial charge in [0.2, 0.25) is 0 Å². The highest BCUT2D eigenvalue weighted by atomic mass is 31.1. The van der Waals surface area contributed by atoms with Crippen LogP contribution in [-0.2, 0) is 12.8 Å². The molecule has 0 bridgehead atoms. The van der Waals surface area contributed by atoms with Gasteiger partial charge in [0.15, 0.2) is 0 Å². The average Bonchev–Trinajstić information content (AvgIpc) is 2.79. The molecule has 0 atom stereocenters. The summed E-state index contributed by atoms with van der Waals surface area (Å²) in [7, 11) is -0.102. The first-order valence-corrected chi connectivity index (χ1v) is 16.5. The molecule has 0 radical (unpaired) electrons. The number of hydrogen-bond donors (Lipinski definition) is 2. The first-order valence-electron chi connectivity index (χ1n) is 13.5. The van der Waals surface area contributed by atoms with E-state index in [1.165, 1.54) is 48.2 Å². The maximum Gasteiger partial charge on any atom is 0.0451 e. The van der Waals surface area contributed by atoms with Crippen molar-refractivity contribution < 1.29 is 0 Å². The zero-order valence-corrected chi connectivity index (χ0v) is 24.7. The molecular formula is C30H48N2P2. The van der Waals surface area contributed by atoms with Crippen LogP contribution in [0.2, 0.25) is 0 Å². The van der Waals surface area contributed by atoms with Crippen molar-refractivity contribution in [2.45, 2.75) is 104 Å². The summed E-state index contributed by atoms with van der Waals surface area (Å²) in [6.45, 7) is 21.2. The number of nitrogens with one attached hydrogen (secondary N) is 2. The van der Waals surface area contributed by atoms with E-state index in [0.717, 1.165) is 35.7 Å². The van der Waals surface area contributed by atoms with Gasteiger partial charge in [-0.15, -0.1) is 0 Å². The largest absolute Gasteiger partial charge is 0.384 e. The van der Waals surface area contributed by atoms with Gasteiger partial charge in [0.1, 0.15) is 0 Å². The van der Waals surface area contributed by atoms with E-state index < -0.39 is 0 Å². The molecule has 2 N–H and O–H groups in total. The second-order valence-corrected chi connectivity index (χ2v) is 17.6. The average molecular weight is 499 g/mol. The topological polar surface area (TPSA) is 24.1 Å². The summed E-state index contributed by atoms with van der Waals surface area (Å²) in [6.07, 6.45) is 5.04. The van der Waals surface area contributed by atoms with Gasteiger partial charge in [0.05, 0.1) is 0 Å². The maximum atomic E-state index is 3.64. The van der Waals surface area contributed by atoms with Gasteiger partial charge in [-0.05, 0) is 70.1 Å². The van der Waals surface area contributed by atoms with Gasteiger partial charge in [-0.1, -0.05) is 108 Å².